The van der Waals surface area contributed by atoms with Crippen molar-refractivity contribution in [3.63, 3.8) is 0 Å². The minimum Gasteiger partial charge on any atom is -0.455 e. The van der Waals surface area contributed by atoms with Crippen molar-refractivity contribution < 1.29 is 9.53 Å². The Balaban J connectivity index is 1.60. The Morgan fingerprint density at radius 3 is 2.73 bits per heavy atom. The number of hydrogen-bond donors (Lipinski definition) is 0. The van der Waals surface area contributed by atoms with Crippen LogP contribution in [0.3, 0.4) is 0 Å². The molecule has 6 nitrogen and oxygen atoms in total. The van der Waals surface area contributed by atoms with Gasteiger partial charge in [0.2, 0.25) is 0 Å². The number of aromatic nitrogens is 3. The first-order valence-electron chi connectivity index (χ1n) is 8.24. The van der Waals surface area contributed by atoms with Gasteiger partial charge in [-0.25, -0.2) is 9.78 Å². The molecule has 0 radical (unpaired) electrons. The molecule has 3 heterocycles. The molecule has 4 rings (SSSR count). The van der Waals surface area contributed by atoms with E-state index >= 15 is 0 Å². The molecule has 26 heavy (non-hydrogen) atoms. The van der Waals surface area contributed by atoms with Gasteiger partial charge in [0.25, 0.3) is 5.56 Å². The van der Waals surface area contributed by atoms with Crippen LogP contribution in [0.2, 0.25) is 0 Å². The van der Waals surface area contributed by atoms with Crippen LogP contribution in [0.4, 0.5) is 0 Å². The number of benzene rings is 1. The van der Waals surface area contributed by atoms with E-state index in [1.165, 1.54) is 10.5 Å². The van der Waals surface area contributed by atoms with Crippen molar-refractivity contribution >= 4 is 22.5 Å². The number of fused-ring (bicyclic) bond motifs is 2. The van der Waals surface area contributed by atoms with Gasteiger partial charge in [0.15, 0.2) is 0 Å². The zero-order valence-corrected chi connectivity index (χ0v) is 14.5. The first-order valence-corrected chi connectivity index (χ1v) is 8.24. The predicted octanol–water partition coefficient (Wildman–Crippen LogP) is 2.85. The Morgan fingerprint density at radius 2 is 1.92 bits per heavy atom. The number of rotatable bonds is 3. The van der Waals surface area contributed by atoms with Gasteiger partial charge >= 0.3 is 5.97 Å². The molecule has 130 valence electrons. The van der Waals surface area contributed by atoms with Gasteiger partial charge in [0.05, 0.1) is 5.69 Å². The van der Waals surface area contributed by atoms with Crippen LogP contribution in [0.25, 0.3) is 16.6 Å². The number of carbonyl (C=O) groups excluding carboxylic acids is 1. The van der Waals surface area contributed by atoms with Crippen molar-refractivity contribution in [3.8, 4) is 0 Å². The maximum absolute atomic E-state index is 12.5. The second kappa shape index (κ2) is 6.15. The number of carbonyl (C=O) groups is 1. The van der Waals surface area contributed by atoms with Gasteiger partial charge in [-0.2, -0.15) is 0 Å². The van der Waals surface area contributed by atoms with Crippen molar-refractivity contribution in [2.45, 2.75) is 13.5 Å². The minimum atomic E-state index is -0.449. The normalized spacial score (nSPS) is 11.2. The second-order valence-corrected chi connectivity index (χ2v) is 6.17. The number of esters is 1. The summed E-state index contributed by atoms with van der Waals surface area (Å²) >= 11 is 0. The maximum Gasteiger partial charge on any atom is 0.355 e. The fourth-order valence-corrected chi connectivity index (χ4v) is 3.14. The van der Waals surface area contributed by atoms with Crippen molar-refractivity contribution in [2.75, 3.05) is 0 Å². The molecular formula is C20H17N3O3. The molecular weight excluding hydrogens is 330 g/mol. The molecule has 0 fully saturated rings. The third-order valence-corrected chi connectivity index (χ3v) is 4.45. The van der Waals surface area contributed by atoms with Gasteiger partial charge in [0.1, 0.15) is 17.9 Å². The zero-order chi connectivity index (χ0) is 18.3. The lowest BCUT2D eigenvalue weighted by Crippen LogP contribution is -2.18. The van der Waals surface area contributed by atoms with Crippen LogP contribution < -0.4 is 5.56 Å². The van der Waals surface area contributed by atoms with Crippen LogP contribution in [-0.4, -0.2) is 19.9 Å². The summed E-state index contributed by atoms with van der Waals surface area (Å²) in [5.41, 5.74) is 2.99. The minimum absolute atomic E-state index is 0.0555. The second-order valence-electron chi connectivity index (χ2n) is 6.17. The van der Waals surface area contributed by atoms with Crippen LogP contribution in [0.5, 0.6) is 0 Å². The highest BCUT2D eigenvalue weighted by Gasteiger charge is 2.15. The lowest BCUT2D eigenvalue weighted by atomic mass is 10.2. The van der Waals surface area contributed by atoms with E-state index in [9.17, 15) is 9.59 Å². The molecule has 0 saturated carbocycles. The van der Waals surface area contributed by atoms with Crippen LogP contribution in [0.15, 0.2) is 59.4 Å². The van der Waals surface area contributed by atoms with Gasteiger partial charge < -0.3 is 9.30 Å². The lowest BCUT2D eigenvalue weighted by molar-refractivity contribution is 0.0457. The summed E-state index contributed by atoms with van der Waals surface area (Å²) in [5.74, 6) is -0.449. The average molecular weight is 347 g/mol. The molecule has 0 N–H and O–H groups in total. The van der Waals surface area contributed by atoms with E-state index in [2.05, 4.69) is 4.98 Å². The lowest BCUT2D eigenvalue weighted by Gasteiger charge is -2.08. The molecule has 0 spiro atoms. The molecule has 0 amide bonds. The first-order chi connectivity index (χ1) is 12.5. The SMILES string of the molecule is Cc1cccc2nc(COC(=O)c3cc4ccccc4n3C)cc(=O)n12. The van der Waals surface area contributed by atoms with Gasteiger partial charge in [-0.05, 0) is 31.2 Å². The van der Waals surface area contributed by atoms with Crippen LogP contribution in [0.1, 0.15) is 21.9 Å². The smallest absolute Gasteiger partial charge is 0.355 e. The summed E-state index contributed by atoms with van der Waals surface area (Å²) in [6.45, 7) is 1.79. The Morgan fingerprint density at radius 1 is 1.12 bits per heavy atom. The third kappa shape index (κ3) is 2.65. The number of nitrogens with zero attached hydrogens (tertiary/aromatic N) is 3. The highest BCUT2D eigenvalue weighted by atomic mass is 16.5. The van der Waals surface area contributed by atoms with Crippen LogP contribution in [-0.2, 0) is 18.4 Å². The third-order valence-electron chi connectivity index (χ3n) is 4.45. The fraction of sp³-hybridized carbons (Fsp3) is 0.150. The number of hydrogen-bond acceptors (Lipinski definition) is 4. The van der Waals surface area contributed by atoms with Gasteiger partial charge in [-0.1, -0.05) is 24.3 Å². The number of ether oxygens (including phenoxy) is 1. The zero-order valence-electron chi connectivity index (χ0n) is 14.5. The van der Waals surface area contributed by atoms with Crippen LogP contribution in [0, 0.1) is 6.92 Å². The summed E-state index contributed by atoms with van der Waals surface area (Å²) in [5, 5.41) is 0.972. The Kier molecular flexibility index (Phi) is 3.80. The van der Waals surface area contributed by atoms with Crippen molar-refractivity contribution in [2.24, 2.45) is 7.05 Å². The molecule has 4 aromatic rings. The largest absolute Gasteiger partial charge is 0.455 e. The van der Waals surface area contributed by atoms with E-state index in [0.29, 0.717) is 17.0 Å². The highest BCUT2D eigenvalue weighted by molar-refractivity contribution is 5.95. The molecule has 0 aliphatic heterocycles. The molecule has 0 unspecified atom stereocenters. The van der Waals surface area contributed by atoms with E-state index in [0.717, 1.165) is 16.6 Å². The van der Waals surface area contributed by atoms with E-state index in [4.69, 9.17) is 4.74 Å². The molecule has 1 aromatic carbocycles. The van der Waals surface area contributed by atoms with E-state index in [1.54, 1.807) is 16.7 Å². The molecule has 0 aliphatic rings. The van der Waals surface area contributed by atoms with Crippen molar-refractivity contribution in [1.82, 2.24) is 14.0 Å². The van der Waals surface area contributed by atoms with E-state index < -0.39 is 5.97 Å². The summed E-state index contributed by atoms with van der Waals surface area (Å²) in [6, 6.07) is 16.4. The molecule has 6 heteroatoms. The quantitative estimate of drug-likeness (QED) is 0.535. The summed E-state index contributed by atoms with van der Waals surface area (Å²) in [4.78, 5) is 29.1. The highest BCUT2D eigenvalue weighted by Crippen LogP contribution is 2.19. The Hall–Kier alpha value is -3.41. The molecule has 0 saturated heterocycles. The van der Waals surface area contributed by atoms with Crippen molar-refractivity contribution in [1.29, 1.82) is 0 Å². The molecule has 0 bridgehead atoms. The van der Waals surface area contributed by atoms with Gasteiger partial charge in [0, 0.05) is 29.7 Å². The summed E-state index contributed by atoms with van der Waals surface area (Å²) in [7, 11) is 1.82. The topological polar surface area (TPSA) is 65.6 Å². The standard InChI is InChI=1S/C20H17N3O3/c1-13-6-5-9-18-21-15(11-19(24)23(13)18)12-26-20(25)17-10-14-7-3-4-8-16(14)22(17)2/h3-11H,12H2,1-2H3. The number of aryl methyl sites for hydroxylation is 2. The van der Waals surface area contributed by atoms with Gasteiger partial charge in [-0.15, -0.1) is 0 Å². The molecule has 0 aliphatic carbocycles. The fourth-order valence-electron chi connectivity index (χ4n) is 3.14. The Labute approximate surface area is 149 Å². The predicted molar refractivity (Wildman–Crippen MR) is 98.2 cm³/mol. The number of pyridine rings is 1. The van der Waals surface area contributed by atoms with E-state index in [1.807, 2.05) is 50.4 Å². The van der Waals surface area contributed by atoms with Gasteiger partial charge in [-0.3, -0.25) is 9.20 Å². The number of para-hydroxylation sites is 1. The average Bonchev–Trinajstić information content (AvgIpc) is 2.97. The summed E-state index contributed by atoms with van der Waals surface area (Å²) in [6.07, 6.45) is 0. The van der Waals surface area contributed by atoms with Crippen molar-refractivity contribution in [3.05, 3.63) is 82.0 Å². The monoisotopic (exact) mass is 347 g/mol. The molecule has 3 aromatic heterocycles. The first kappa shape index (κ1) is 16.1. The Bertz CT molecular complexity index is 1200. The summed E-state index contributed by atoms with van der Waals surface area (Å²) < 4.78 is 8.71. The molecule has 0 atom stereocenters. The van der Waals surface area contributed by atoms with E-state index in [-0.39, 0.29) is 12.2 Å². The van der Waals surface area contributed by atoms with Crippen LogP contribution >= 0.6 is 0 Å². The maximum atomic E-state index is 12.5.